The number of nitro groups is 1. The van der Waals surface area contributed by atoms with E-state index in [4.69, 9.17) is 58.0 Å². The Morgan fingerprint density at radius 3 is 2.11 bits per heavy atom. The summed E-state index contributed by atoms with van der Waals surface area (Å²) in [5, 5.41) is 18.2. The van der Waals surface area contributed by atoms with Gasteiger partial charge in [0.2, 0.25) is 13.8 Å². The van der Waals surface area contributed by atoms with Gasteiger partial charge in [-0.25, -0.2) is 0 Å². The van der Waals surface area contributed by atoms with Gasteiger partial charge >= 0.3 is 5.82 Å². The number of nitrogens with zero attached hydrogens (tertiary/aromatic N) is 4. The van der Waals surface area contributed by atoms with Gasteiger partial charge in [-0.15, -0.1) is 9.78 Å². The predicted octanol–water partition coefficient (Wildman–Crippen LogP) is 3.77. The molecule has 1 aromatic heterocycles. The van der Waals surface area contributed by atoms with Crippen molar-refractivity contribution < 1.29 is 4.92 Å². The lowest BCUT2D eigenvalue weighted by molar-refractivity contribution is -0.393. The van der Waals surface area contributed by atoms with Crippen LogP contribution >= 0.6 is 58.0 Å². The molecule has 1 rings (SSSR count). The van der Waals surface area contributed by atoms with Crippen molar-refractivity contribution in [3.8, 4) is 0 Å². The zero-order valence-corrected chi connectivity index (χ0v) is 12.9. The van der Waals surface area contributed by atoms with Gasteiger partial charge < -0.3 is 10.1 Å². The minimum Gasteiger partial charge on any atom is -0.358 e. The van der Waals surface area contributed by atoms with E-state index in [9.17, 15) is 10.1 Å². The SMILES string of the molecule is CC(C)n1nnc(C(Cl)(Cl)C(Cl)(Cl)Cl)c1[N+](=O)[O-]. The maximum atomic E-state index is 11.0. The molecule has 11 heteroatoms. The smallest absolute Gasteiger partial charge is 0.358 e. The lowest BCUT2D eigenvalue weighted by Crippen LogP contribution is -2.29. The molecule has 0 atom stereocenters. The lowest BCUT2D eigenvalue weighted by atomic mass is 10.3. The monoisotopic (exact) mass is 354 g/mol. The molecular weight excluding hydrogens is 349 g/mol. The van der Waals surface area contributed by atoms with E-state index in [0.717, 1.165) is 4.68 Å². The molecule has 102 valence electrons. The van der Waals surface area contributed by atoms with Gasteiger partial charge in [0.05, 0.1) is 0 Å². The molecule has 0 fully saturated rings. The fourth-order valence-electron chi connectivity index (χ4n) is 1.14. The van der Waals surface area contributed by atoms with Crippen LogP contribution in [0.25, 0.3) is 0 Å². The molecule has 0 saturated carbocycles. The third-order valence-corrected chi connectivity index (χ3v) is 4.34. The second-order valence-electron chi connectivity index (χ2n) is 3.63. The highest BCUT2D eigenvalue weighted by molar-refractivity contribution is 6.75. The van der Waals surface area contributed by atoms with Crippen molar-refractivity contribution >= 4 is 63.8 Å². The third-order valence-electron chi connectivity index (χ3n) is 1.99. The average Bonchev–Trinajstić information content (AvgIpc) is 2.59. The Morgan fingerprint density at radius 2 is 1.78 bits per heavy atom. The second kappa shape index (κ2) is 5.17. The molecule has 18 heavy (non-hydrogen) atoms. The zero-order valence-electron chi connectivity index (χ0n) is 9.07. The van der Waals surface area contributed by atoms with Crippen LogP contribution in [0.15, 0.2) is 0 Å². The van der Waals surface area contributed by atoms with E-state index < -0.39 is 24.6 Å². The molecule has 6 nitrogen and oxygen atoms in total. The van der Waals surface area contributed by atoms with Gasteiger partial charge in [0, 0.05) is 5.21 Å². The van der Waals surface area contributed by atoms with Crippen molar-refractivity contribution in [1.82, 2.24) is 15.0 Å². The van der Waals surface area contributed by atoms with Crippen molar-refractivity contribution in [2.45, 2.75) is 28.0 Å². The molecule has 0 aliphatic heterocycles. The first-order valence-corrected chi connectivity index (χ1v) is 6.43. The Hall–Kier alpha value is -0.0100. The van der Waals surface area contributed by atoms with Gasteiger partial charge in [-0.3, -0.25) is 0 Å². The largest absolute Gasteiger partial charge is 0.371 e. The number of aromatic nitrogens is 3. The summed E-state index contributed by atoms with van der Waals surface area (Å²) in [4.78, 5) is 10.3. The summed E-state index contributed by atoms with van der Waals surface area (Å²) < 4.78 is -3.35. The Balaban J connectivity index is 3.48. The maximum absolute atomic E-state index is 11.0. The van der Waals surface area contributed by atoms with Crippen LogP contribution in [0, 0.1) is 10.1 Å². The second-order valence-corrected chi connectivity index (χ2v) is 7.24. The number of hydrogen-bond donors (Lipinski definition) is 0. The van der Waals surface area contributed by atoms with Crippen LogP contribution in [0.3, 0.4) is 0 Å². The third kappa shape index (κ3) is 2.77. The first kappa shape index (κ1) is 16.0. The zero-order chi connectivity index (χ0) is 14.3. The Kier molecular flexibility index (Phi) is 4.61. The Bertz CT molecular complexity index is 467. The highest BCUT2D eigenvalue weighted by atomic mass is 35.6. The van der Waals surface area contributed by atoms with Crippen molar-refractivity contribution in [3.63, 3.8) is 0 Å². The van der Waals surface area contributed by atoms with Gasteiger partial charge in [0.15, 0.2) is 0 Å². The van der Waals surface area contributed by atoms with Crippen molar-refractivity contribution in [3.05, 3.63) is 15.8 Å². The molecule has 0 aliphatic carbocycles. The molecule has 0 amide bonds. The first-order valence-electron chi connectivity index (χ1n) is 4.54. The van der Waals surface area contributed by atoms with E-state index in [1.54, 1.807) is 13.8 Å². The number of rotatable bonds is 3. The Labute approximate surface area is 127 Å². The quantitative estimate of drug-likeness (QED) is 0.469. The first-order chi connectivity index (χ1) is 8.00. The van der Waals surface area contributed by atoms with E-state index >= 15 is 0 Å². The maximum Gasteiger partial charge on any atom is 0.371 e. The van der Waals surface area contributed by atoms with E-state index in [-0.39, 0.29) is 6.04 Å². The van der Waals surface area contributed by atoms with E-state index in [2.05, 4.69) is 10.3 Å². The highest BCUT2D eigenvalue weighted by Gasteiger charge is 2.54. The number of hydrogen-bond acceptors (Lipinski definition) is 4. The standard InChI is InChI=1S/C7H7Cl5N4O2/c1-3(2)15-5(16(17)18)4(13-14-15)6(8,9)7(10,11)12/h3H,1-2H3. The molecule has 0 spiro atoms. The fourth-order valence-corrected chi connectivity index (χ4v) is 1.66. The summed E-state index contributed by atoms with van der Waals surface area (Å²) in [6.07, 6.45) is 0. The molecule has 0 unspecified atom stereocenters. The molecule has 0 radical (unpaired) electrons. The van der Waals surface area contributed by atoms with Gasteiger partial charge in [0.1, 0.15) is 6.04 Å². The lowest BCUT2D eigenvalue weighted by Gasteiger charge is -2.24. The van der Waals surface area contributed by atoms with Gasteiger partial charge in [-0.05, 0) is 18.8 Å². The summed E-state index contributed by atoms with van der Waals surface area (Å²) in [5.41, 5.74) is -0.412. The van der Waals surface area contributed by atoms with Crippen LogP contribution in [0.5, 0.6) is 0 Å². The normalized spacial score (nSPS) is 13.1. The van der Waals surface area contributed by atoms with Crippen LogP contribution in [-0.4, -0.2) is 23.7 Å². The van der Waals surface area contributed by atoms with Crippen LogP contribution < -0.4 is 0 Å². The summed E-state index contributed by atoms with van der Waals surface area (Å²) in [5.74, 6) is -0.513. The van der Waals surface area contributed by atoms with E-state index in [0.29, 0.717) is 0 Å². The van der Waals surface area contributed by atoms with Crippen molar-refractivity contribution in [2.75, 3.05) is 0 Å². The predicted molar refractivity (Wildman–Crippen MR) is 70.7 cm³/mol. The van der Waals surface area contributed by atoms with Crippen LogP contribution in [0.2, 0.25) is 0 Å². The molecule has 0 aliphatic rings. The fraction of sp³-hybridized carbons (Fsp3) is 0.714. The minimum atomic E-state index is -2.20. The van der Waals surface area contributed by atoms with Gasteiger partial charge in [-0.2, -0.15) is 0 Å². The van der Waals surface area contributed by atoms with Gasteiger partial charge in [-0.1, -0.05) is 58.0 Å². The van der Waals surface area contributed by atoms with Crippen LogP contribution in [-0.2, 0) is 4.33 Å². The molecular formula is C7H7Cl5N4O2. The molecule has 1 heterocycles. The molecule has 0 N–H and O–H groups in total. The van der Waals surface area contributed by atoms with Crippen molar-refractivity contribution in [2.24, 2.45) is 0 Å². The summed E-state index contributed by atoms with van der Waals surface area (Å²) in [6.45, 7) is 3.34. The molecule has 0 saturated heterocycles. The summed E-state index contributed by atoms with van der Waals surface area (Å²) in [6, 6.07) is -0.328. The summed E-state index contributed by atoms with van der Waals surface area (Å²) >= 11 is 28.5. The molecule has 1 aromatic rings. The molecule has 0 bridgehead atoms. The number of halogens is 5. The average molecular weight is 356 g/mol. The Morgan fingerprint density at radius 1 is 1.28 bits per heavy atom. The van der Waals surface area contributed by atoms with E-state index in [1.807, 2.05) is 0 Å². The van der Waals surface area contributed by atoms with Gasteiger partial charge in [0.25, 0.3) is 0 Å². The highest BCUT2D eigenvalue weighted by Crippen LogP contribution is 2.54. The number of alkyl halides is 5. The topological polar surface area (TPSA) is 73.8 Å². The van der Waals surface area contributed by atoms with Crippen LogP contribution in [0.1, 0.15) is 25.6 Å². The molecule has 0 aromatic carbocycles. The van der Waals surface area contributed by atoms with Crippen LogP contribution in [0.4, 0.5) is 5.82 Å². The summed E-state index contributed by atoms with van der Waals surface area (Å²) in [7, 11) is 0. The van der Waals surface area contributed by atoms with Crippen molar-refractivity contribution in [1.29, 1.82) is 0 Å². The minimum absolute atomic E-state index is 0.328. The van der Waals surface area contributed by atoms with E-state index in [1.165, 1.54) is 0 Å².